The molecule has 0 unspecified atom stereocenters. The highest BCUT2D eigenvalue weighted by Gasteiger charge is 2.62. The van der Waals surface area contributed by atoms with Gasteiger partial charge in [-0.3, -0.25) is 9.59 Å². The monoisotopic (exact) mass is 483 g/mol. The Morgan fingerprint density at radius 1 is 1.09 bits per heavy atom. The Bertz CT molecular complexity index is 1070. The first-order chi connectivity index (χ1) is 15.5. The number of nitrogens with one attached hydrogen (secondary N) is 2. The summed E-state index contributed by atoms with van der Waals surface area (Å²) in [6.07, 6.45) is -1.48. The second-order valence-electron chi connectivity index (χ2n) is 8.54. The van der Waals surface area contributed by atoms with Gasteiger partial charge in [0, 0.05) is 16.1 Å². The van der Waals surface area contributed by atoms with E-state index in [2.05, 4.69) is 20.4 Å². The van der Waals surface area contributed by atoms with Gasteiger partial charge in [-0.2, -0.15) is 0 Å². The van der Waals surface area contributed by atoms with Gasteiger partial charge in [-0.1, -0.05) is 11.6 Å². The lowest BCUT2D eigenvalue weighted by Crippen LogP contribution is -2.64. The molecule has 1 aromatic carbocycles. The first-order valence-corrected chi connectivity index (χ1v) is 10.6. The number of benzene rings is 1. The van der Waals surface area contributed by atoms with Crippen LogP contribution in [0.25, 0.3) is 0 Å². The third-order valence-corrected chi connectivity index (χ3v) is 6.34. The smallest absolute Gasteiger partial charge is 0.484 e. The fraction of sp³-hybridized carbons (Fsp3) is 0.409. The molecule has 0 saturated heterocycles. The Hall–Kier alpha value is -3.01. The van der Waals surface area contributed by atoms with E-state index in [0.29, 0.717) is 36.5 Å². The summed E-state index contributed by atoms with van der Waals surface area (Å²) in [5.41, 5.74) is -0.0394. The maximum atomic E-state index is 12.5. The molecular weight excluding hydrogens is 463 g/mol. The first-order valence-electron chi connectivity index (χ1n) is 10.2. The van der Waals surface area contributed by atoms with Gasteiger partial charge in [0.25, 0.3) is 11.8 Å². The maximum absolute atomic E-state index is 12.5. The van der Waals surface area contributed by atoms with Gasteiger partial charge in [0.15, 0.2) is 6.61 Å². The predicted octanol–water partition coefficient (Wildman–Crippen LogP) is 3.93. The van der Waals surface area contributed by atoms with Crippen molar-refractivity contribution in [2.75, 3.05) is 6.61 Å². The molecule has 1 aromatic heterocycles. The van der Waals surface area contributed by atoms with Crippen LogP contribution in [-0.4, -0.2) is 40.8 Å². The van der Waals surface area contributed by atoms with Crippen LogP contribution in [-0.2, 0) is 4.79 Å². The Morgan fingerprint density at radius 2 is 1.76 bits per heavy atom. The number of aryl methyl sites for hydroxylation is 1. The predicted molar refractivity (Wildman–Crippen MR) is 112 cm³/mol. The average Bonchev–Trinajstić information content (AvgIpc) is 3.23. The summed E-state index contributed by atoms with van der Waals surface area (Å²) in [6.45, 7) is 1.70. The van der Waals surface area contributed by atoms with E-state index in [0.717, 1.165) is 17.8 Å². The minimum Gasteiger partial charge on any atom is -0.484 e. The SMILES string of the molecule is Cc1cc(OCC(=O)NC23CCC(NC(=O)c4ccc(OC(F)(F)F)cn4)(C2)C3)ccc1Cl. The number of carbonyl (C=O) groups excluding carboxylic acids is 2. The number of fused-ring (bicyclic) bond motifs is 1. The molecule has 2 bridgehead atoms. The molecule has 0 atom stereocenters. The van der Waals surface area contributed by atoms with E-state index < -0.39 is 29.1 Å². The number of amides is 2. The van der Waals surface area contributed by atoms with Crippen molar-refractivity contribution in [2.24, 2.45) is 0 Å². The number of nitrogens with zero attached hydrogens (tertiary/aromatic N) is 1. The van der Waals surface area contributed by atoms with Crippen LogP contribution in [0.4, 0.5) is 13.2 Å². The lowest BCUT2D eigenvalue weighted by atomic mass is 9.71. The van der Waals surface area contributed by atoms with E-state index >= 15 is 0 Å². The van der Waals surface area contributed by atoms with Gasteiger partial charge in [0.05, 0.1) is 6.20 Å². The van der Waals surface area contributed by atoms with Crippen molar-refractivity contribution in [3.8, 4) is 11.5 Å². The number of halogens is 4. The molecule has 2 aromatic rings. The molecule has 33 heavy (non-hydrogen) atoms. The summed E-state index contributed by atoms with van der Waals surface area (Å²) in [5.74, 6) is -0.701. The zero-order chi connectivity index (χ0) is 23.9. The zero-order valence-electron chi connectivity index (χ0n) is 17.6. The van der Waals surface area contributed by atoms with Crippen molar-refractivity contribution in [3.05, 3.63) is 52.8 Å². The first kappa shape index (κ1) is 23.2. The van der Waals surface area contributed by atoms with Crippen molar-refractivity contribution in [2.45, 2.75) is 50.0 Å². The number of aromatic nitrogens is 1. The van der Waals surface area contributed by atoms with E-state index in [1.165, 1.54) is 6.07 Å². The van der Waals surface area contributed by atoms with Crippen LogP contribution >= 0.6 is 11.6 Å². The summed E-state index contributed by atoms with van der Waals surface area (Å²) in [4.78, 5) is 28.6. The molecule has 3 aliphatic rings. The van der Waals surface area contributed by atoms with Gasteiger partial charge < -0.3 is 20.1 Å². The minimum atomic E-state index is -4.83. The zero-order valence-corrected chi connectivity index (χ0v) is 18.3. The molecule has 0 aliphatic heterocycles. The second-order valence-corrected chi connectivity index (χ2v) is 8.95. The molecule has 3 fully saturated rings. The van der Waals surface area contributed by atoms with Crippen LogP contribution < -0.4 is 20.1 Å². The molecule has 1 heterocycles. The fourth-order valence-electron chi connectivity index (χ4n) is 4.58. The van der Waals surface area contributed by atoms with Gasteiger partial charge in [-0.25, -0.2) is 4.98 Å². The fourth-order valence-corrected chi connectivity index (χ4v) is 4.70. The summed E-state index contributed by atoms with van der Waals surface area (Å²) in [7, 11) is 0. The average molecular weight is 484 g/mol. The third-order valence-electron chi connectivity index (χ3n) is 5.92. The van der Waals surface area contributed by atoms with E-state index in [4.69, 9.17) is 16.3 Å². The van der Waals surface area contributed by atoms with Gasteiger partial charge in [-0.15, -0.1) is 13.2 Å². The molecule has 2 amide bonds. The van der Waals surface area contributed by atoms with Crippen LogP contribution in [0.1, 0.15) is 41.7 Å². The van der Waals surface area contributed by atoms with Crippen molar-refractivity contribution in [1.82, 2.24) is 15.6 Å². The number of carbonyl (C=O) groups is 2. The maximum Gasteiger partial charge on any atom is 0.573 e. The highest BCUT2D eigenvalue weighted by atomic mass is 35.5. The highest BCUT2D eigenvalue weighted by molar-refractivity contribution is 6.31. The van der Waals surface area contributed by atoms with Crippen molar-refractivity contribution < 1.29 is 32.2 Å². The van der Waals surface area contributed by atoms with E-state index in [1.54, 1.807) is 18.2 Å². The largest absolute Gasteiger partial charge is 0.573 e. The standard InChI is InChI=1S/C22H21ClF3N3O4/c1-13-8-14(2-4-16(13)23)32-10-18(30)28-20-6-7-21(11-20,12-20)29-19(31)17-5-3-15(9-27-17)33-22(24,25)26/h2-5,8-9H,6-7,10-12H2,1H3,(H,28,30)(H,29,31). The van der Waals surface area contributed by atoms with Crippen LogP contribution in [0, 0.1) is 6.92 Å². The lowest BCUT2D eigenvalue weighted by Gasteiger charge is -2.48. The normalized spacial score (nSPS) is 23.4. The summed E-state index contributed by atoms with van der Waals surface area (Å²) < 4.78 is 46.0. The molecular formula is C22H21ClF3N3O4. The molecule has 0 radical (unpaired) electrons. The number of ether oxygens (including phenoxy) is 2. The molecule has 176 valence electrons. The van der Waals surface area contributed by atoms with E-state index in [9.17, 15) is 22.8 Å². The summed E-state index contributed by atoms with van der Waals surface area (Å²) in [6, 6.07) is 7.36. The highest BCUT2D eigenvalue weighted by Crippen LogP contribution is 2.55. The topological polar surface area (TPSA) is 89.6 Å². The van der Waals surface area contributed by atoms with Gasteiger partial charge in [0.1, 0.15) is 17.2 Å². The van der Waals surface area contributed by atoms with Crippen molar-refractivity contribution in [3.63, 3.8) is 0 Å². The Balaban J connectivity index is 1.27. The van der Waals surface area contributed by atoms with Crippen LogP contribution in [0.3, 0.4) is 0 Å². The second kappa shape index (κ2) is 8.40. The van der Waals surface area contributed by atoms with Gasteiger partial charge >= 0.3 is 6.36 Å². The molecule has 3 saturated carbocycles. The summed E-state index contributed by atoms with van der Waals surface area (Å²) in [5, 5.41) is 6.53. The number of pyridine rings is 1. The molecule has 5 rings (SSSR count). The third kappa shape index (κ3) is 5.32. The molecule has 7 nitrogen and oxygen atoms in total. The number of alkyl halides is 3. The quantitative estimate of drug-likeness (QED) is 0.623. The molecule has 3 aliphatic carbocycles. The number of rotatable bonds is 7. The van der Waals surface area contributed by atoms with E-state index in [1.807, 2.05) is 6.92 Å². The van der Waals surface area contributed by atoms with Crippen LogP contribution in [0.2, 0.25) is 5.02 Å². The number of hydrogen-bond acceptors (Lipinski definition) is 5. The van der Waals surface area contributed by atoms with Crippen LogP contribution in [0.5, 0.6) is 11.5 Å². The molecule has 0 spiro atoms. The van der Waals surface area contributed by atoms with Gasteiger partial charge in [0.2, 0.25) is 0 Å². The van der Waals surface area contributed by atoms with Gasteiger partial charge in [-0.05, 0) is 68.5 Å². The lowest BCUT2D eigenvalue weighted by molar-refractivity contribution is -0.274. The molecule has 11 heteroatoms. The van der Waals surface area contributed by atoms with Crippen molar-refractivity contribution >= 4 is 23.4 Å². The molecule has 2 N–H and O–H groups in total. The Morgan fingerprint density at radius 3 is 2.36 bits per heavy atom. The van der Waals surface area contributed by atoms with Crippen molar-refractivity contribution in [1.29, 1.82) is 0 Å². The minimum absolute atomic E-state index is 0.0148. The van der Waals surface area contributed by atoms with E-state index in [-0.39, 0.29) is 18.2 Å². The number of hydrogen-bond donors (Lipinski definition) is 2. The summed E-state index contributed by atoms with van der Waals surface area (Å²) >= 11 is 5.98. The Labute approximate surface area is 192 Å². The Kier molecular flexibility index (Phi) is 5.90. The van der Waals surface area contributed by atoms with Crippen LogP contribution in [0.15, 0.2) is 36.5 Å².